The molecule has 2 aromatic rings. The fourth-order valence-electron chi connectivity index (χ4n) is 4.47. The molecule has 0 aromatic heterocycles. The second-order valence-corrected chi connectivity index (χ2v) is 8.86. The highest BCUT2D eigenvalue weighted by atomic mass is 32.2. The lowest BCUT2D eigenvalue weighted by Crippen LogP contribution is -2.49. The predicted octanol–water partition coefficient (Wildman–Crippen LogP) is 5.83. The number of benzene rings is 2. The number of carbonyl (C=O) groups is 1. The van der Waals surface area contributed by atoms with E-state index >= 15 is 0 Å². The number of carbonyl (C=O) groups excluding carboxylic acids is 1. The van der Waals surface area contributed by atoms with Gasteiger partial charge in [0.25, 0.3) is 0 Å². The molecule has 1 amide bonds. The van der Waals surface area contributed by atoms with E-state index in [4.69, 9.17) is 0 Å². The number of aliphatic hydroxyl groups excluding tert-OH is 1. The average Bonchev–Trinajstić information content (AvgIpc) is 3.22. The van der Waals surface area contributed by atoms with Crippen molar-refractivity contribution in [1.82, 2.24) is 5.01 Å². The predicted molar refractivity (Wildman–Crippen MR) is 125 cm³/mol. The van der Waals surface area contributed by atoms with Crippen LogP contribution in [-0.4, -0.2) is 27.7 Å². The minimum atomic E-state index is -0.828. The van der Waals surface area contributed by atoms with E-state index in [1.54, 1.807) is 6.92 Å². The molecule has 1 spiro atoms. The van der Waals surface area contributed by atoms with E-state index in [1.165, 1.54) is 16.8 Å². The van der Waals surface area contributed by atoms with Crippen LogP contribution >= 0.6 is 11.8 Å². The summed E-state index contributed by atoms with van der Waals surface area (Å²) in [4.78, 5) is 12.2. The van der Waals surface area contributed by atoms with E-state index in [9.17, 15) is 18.7 Å². The summed E-state index contributed by atoms with van der Waals surface area (Å²) in [6.07, 6.45) is 3.25. The van der Waals surface area contributed by atoms with E-state index in [0.717, 1.165) is 42.2 Å². The zero-order valence-corrected chi connectivity index (χ0v) is 19.6. The Morgan fingerprint density at radius 1 is 1.25 bits per heavy atom. The smallest absolute Gasteiger partial charge is 0.244 e. The number of amides is 1. The van der Waals surface area contributed by atoms with Gasteiger partial charge in [0.2, 0.25) is 5.91 Å². The van der Waals surface area contributed by atoms with E-state index < -0.39 is 16.5 Å². The Labute approximate surface area is 192 Å². The van der Waals surface area contributed by atoms with Crippen LogP contribution in [0.25, 0.3) is 0 Å². The fraction of sp³-hybridized carbons (Fsp3) is 0.440. The molecular weight excluding hydrogens is 430 g/mol. The molecule has 2 aromatic carbocycles. The Morgan fingerprint density at radius 3 is 2.72 bits per heavy atom. The lowest BCUT2D eigenvalue weighted by Gasteiger charge is -2.46. The van der Waals surface area contributed by atoms with Crippen molar-refractivity contribution in [3.05, 3.63) is 70.8 Å². The lowest BCUT2D eigenvalue weighted by atomic mass is 9.76. The average molecular weight is 461 g/mol. The Kier molecular flexibility index (Phi) is 8.06. The van der Waals surface area contributed by atoms with Crippen LogP contribution in [0.5, 0.6) is 0 Å². The van der Waals surface area contributed by atoms with Gasteiger partial charge in [0.05, 0.1) is 0 Å². The number of thioether (sulfide) groups is 1. The van der Waals surface area contributed by atoms with Gasteiger partial charge in [0, 0.05) is 18.6 Å². The Hall–Kier alpha value is -2.25. The molecule has 0 fully saturated rings. The first kappa shape index (κ1) is 24.4. The van der Waals surface area contributed by atoms with Crippen molar-refractivity contribution in [2.75, 3.05) is 6.61 Å². The zero-order valence-electron chi connectivity index (χ0n) is 18.8. The van der Waals surface area contributed by atoms with Crippen LogP contribution < -0.4 is 0 Å². The second kappa shape index (κ2) is 10.6. The van der Waals surface area contributed by atoms with E-state index in [-0.39, 0.29) is 30.4 Å². The molecule has 1 aliphatic heterocycles. The molecule has 0 saturated heterocycles. The van der Waals surface area contributed by atoms with Gasteiger partial charge in [-0.1, -0.05) is 56.8 Å². The molecule has 4 rings (SSSR count). The first-order valence-electron chi connectivity index (χ1n) is 11.3. The molecule has 2 unspecified atom stereocenters. The molecule has 32 heavy (non-hydrogen) atoms. The van der Waals surface area contributed by atoms with E-state index in [1.807, 2.05) is 32.0 Å². The number of nitrogens with zero attached hydrogens (tertiary/aromatic N) is 2. The Bertz CT molecular complexity index is 998. The minimum Gasteiger partial charge on any atom is -0.396 e. The second-order valence-electron chi connectivity index (χ2n) is 7.65. The first-order chi connectivity index (χ1) is 15.5. The van der Waals surface area contributed by atoms with Crippen molar-refractivity contribution < 1.29 is 18.7 Å². The number of hydrazone groups is 1. The third-order valence-electron chi connectivity index (χ3n) is 5.88. The maximum atomic E-state index is 14.6. The van der Waals surface area contributed by atoms with Crippen LogP contribution in [0.4, 0.5) is 8.78 Å². The minimum absolute atomic E-state index is 0.0259. The Morgan fingerprint density at radius 2 is 2.00 bits per heavy atom. The van der Waals surface area contributed by atoms with Crippen LogP contribution in [0.1, 0.15) is 63.1 Å². The van der Waals surface area contributed by atoms with E-state index in [0.29, 0.717) is 17.9 Å². The fourth-order valence-corrected chi connectivity index (χ4v) is 6.10. The van der Waals surface area contributed by atoms with Gasteiger partial charge >= 0.3 is 0 Å². The summed E-state index contributed by atoms with van der Waals surface area (Å²) in [6.45, 7) is 5.83. The molecule has 1 N–H and O–H groups in total. The molecule has 1 heterocycles. The zero-order chi connectivity index (χ0) is 23.3. The number of aryl methyl sites for hydroxylation is 1. The molecule has 1 aliphatic carbocycles. The van der Waals surface area contributed by atoms with Gasteiger partial charge in [-0.3, -0.25) is 4.79 Å². The van der Waals surface area contributed by atoms with Gasteiger partial charge in [-0.15, -0.1) is 0 Å². The standard InChI is InChI=1S/C23H24F2N2O2S.C2H6/c1-2-21(29)27-23(30-22(26-27)18-14-17(24)11-12-20(18)25)16(7-5-13-28)10-9-15-6-3-4-8-19(15)23;1-2/h3-4,6,8,11-12,14,16,28H,2,5,7,9-10,13H2,1H3;1-2H3. The van der Waals surface area contributed by atoms with Gasteiger partial charge in [-0.2, -0.15) is 5.10 Å². The van der Waals surface area contributed by atoms with Crippen LogP contribution in [0, 0.1) is 17.6 Å². The highest BCUT2D eigenvalue weighted by molar-refractivity contribution is 8.15. The molecule has 0 bridgehead atoms. The summed E-state index contributed by atoms with van der Waals surface area (Å²) >= 11 is 1.33. The molecule has 2 aliphatic rings. The van der Waals surface area contributed by atoms with Crippen LogP contribution in [-0.2, 0) is 16.1 Å². The molecule has 0 saturated carbocycles. The third kappa shape index (κ3) is 4.33. The number of hydrogen-bond acceptors (Lipinski definition) is 4. The third-order valence-corrected chi connectivity index (χ3v) is 7.42. The van der Waals surface area contributed by atoms with Crippen LogP contribution in [0.2, 0.25) is 0 Å². The summed E-state index contributed by atoms with van der Waals surface area (Å²) in [5, 5.41) is 15.8. The van der Waals surface area contributed by atoms with Gasteiger partial charge < -0.3 is 5.11 Å². The molecule has 0 radical (unpaired) electrons. The van der Waals surface area contributed by atoms with Gasteiger partial charge in [0.15, 0.2) is 0 Å². The van der Waals surface area contributed by atoms with Gasteiger partial charge in [-0.25, -0.2) is 13.8 Å². The van der Waals surface area contributed by atoms with Crippen molar-refractivity contribution in [2.24, 2.45) is 11.0 Å². The van der Waals surface area contributed by atoms with Crippen LogP contribution in [0.15, 0.2) is 47.6 Å². The number of halogens is 2. The maximum Gasteiger partial charge on any atom is 0.244 e. The largest absolute Gasteiger partial charge is 0.396 e. The highest BCUT2D eigenvalue weighted by Gasteiger charge is 2.55. The van der Waals surface area contributed by atoms with Crippen molar-refractivity contribution >= 4 is 22.7 Å². The summed E-state index contributed by atoms with van der Waals surface area (Å²) < 4.78 is 28.5. The van der Waals surface area contributed by atoms with Gasteiger partial charge in [-0.05, 0) is 60.9 Å². The number of hydrogen-bond donors (Lipinski definition) is 1. The normalized spacial score (nSPS) is 21.6. The number of rotatable bonds is 5. The van der Waals surface area contributed by atoms with Crippen LogP contribution in [0.3, 0.4) is 0 Å². The van der Waals surface area contributed by atoms with Crippen molar-refractivity contribution in [3.63, 3.8) is 0 Å². The Balaban J connectivity index is 0.00000141. The molecule has 7 heteroatoms. The summed E-state index contributed by atoms with van der Waals surface area (Å²) in [5.41, 5.74) is 2.19. The monoisotopic (exact) mass is 460 g/mol. The summed E-state index contributed by atoms with van der Waals surface area (Å²) in [5.74, 6) is -1.26. The lowest BCUT2D eigenvalue weighted by molar-refractivity contribution is -0.136. The van der Waals surface area contributed by atoms with Crippen molar-refractivity contribution in [3.8, 4) is 0 Å². The molecule has 172 valence electrons. The maximum absolute atomic E-state index is 14.6. The van der Waals surface area contributed by atoms with E-state index in [2.05, 4.69) is 11.2 Å². The highest BCUT2D eigenvalue weighted by Crippen LogP contribution is 2.57. The quantitative estimate of drug-likeness (QED) is 0.611. The van der Waals surface area contributed by atoms with Crippen molar-refractivity contribution in [2.45, 2.75) is 57.7 Å². The van der Waals surface area contributed by atoms with Crippen molar-refractivity contribution in [1.29, 1.82) is 0 Å². The topological polar surface area (TPSA) is 52.9 Å². The SMILES string of the molecule is CC.CCC(=O)N1N=C(c2cc(F)ccc2F)SC12c1ccccc1CCC2CCCO. The number of aliphatic hydroxyl groups is 1. The molecule has 2 atom stereocenters. The first-order valence-corrected chi connectivity index (χ1v) is 12.1. The van der Waals surface area contributed by atoms with Gasteiger partial charge in [0.1, 0.15) is 21.5 Å². The summed E-state index contributed by atoms with van der Waals surface area (Å²) in [7, 11) is 0. The molecular formula is C25H30F2N2O2S. The molecule has 4 nitrogen and oxygen atoms in total. The summed E-state index contributed by atoms with van der Waals surface area (Å²) in [6, 6.07) is 11.3. The number of fused-ring (bicyclic) bond motifs is 2.